The maximum atomic E-state index is 12.9. The van der Waals surface area contributed by atoms with Crippen LogP contribution in [0.4, 0.5) is 0 Å². The van der Waals surface area contributed by atoms with Crippen LogP contribution in [0.15, 0.2) is 35.5 Å². The molecule has 0 aromatic carbocycles. The summed E-state index contributed by atoms with van der Waals surface area (Å²) in [6.45, 7) is 9.28. The highest BCUT2D eigenvalue weighted by atomic mass is 35.5. The zero-order chi connectivity index (χ0) is 25.1. The van der Waals surface area contributed by atoms with E-state index in [0.29, 0.717) is 12.8 Å². The topological polar surface area (TPSA) is 125 Å². The molecule has 0 unspecified atom stereocenters. The lowest BCUT2D eigenvalue weighted by atomic mass is 9.83. The van der Waals surface area contributed by atoms with Gasteiger partial charge in [-0.05, 0) is 39.7 Å². The van der Waals surface area contributed by atoms with Crippen molar-refractivity contribution >= 4 is 35.5 Å². The van der Waals surface area contributed by atoms with Crippen LogP contribution in [0.5, 0.6) is 0 Å². The molecule has 182 valence electrons. The van der Waals surface area contributed by atoms with Gasteiger partial charge in [-0.15, -0.1) is 11.6 Å². The van der Waals surface area contributed by atoms with Crippen LogP contribution in [-0.2, 0) is 38.1 Å². The van der Waals surface area contributed by atoms with Crippen molar-refractivity contribution in [2.75, 3.05) is 7.11 Å². The molecule has 2 rings (SSSR count). The third-order valence-corrected chi connectivity index (χ3v) is 6.14. The van der Waals surface area contributed by atoms with Crippen LogP contribution in [0.3, 0.4) is 0 Å². The Kier molecular flexibility index (Phi) is 8.48. The molecule has 0 radical (unpaired) electrons. The van der Waals surface area contributed by atoms with Crippen molar-refractivity contribution in [1.29, 1.82) is 0 Å². The number of methoxy groups -OCH3 is 1. The van der Waals surface area contributed by atoms with Crippen LogP contribution in [0.1, 0.15) is 40.5 Å². The van der Waals surface area contributed by atoms with E-state index in [-0.39, 0.29) is 11.1 Å². The average Bonchev–Trinajstić information content (AvgIpc) is 2.99. The van der Waals surface area contributed by atoms with Gasteiger partial charge in [0, 0.05) is 12.5 Å². The quantitative estimate of drug-likeness (QED) is 0.205. The van der Waals surface area contributed by atoms with Gasteiger partial charge in [-0.25, -0.2) is 14.4 Å². The second kappa shape index (κ2) is 10.5. The molecule has 33 heavy (non-hydrogen) atoms. The Morgan fingerprint density at radius 2 is 1.97 bits per heavy atom. The van der Waals surface area contributed by atoms with Crippen LogP contribution in [-0.4, -0.2) is 65.4 Å². The number of esters is 4. The fraction of sp³-hybridized carbons (Fsp3) is 0.565. The summed E-state index contributed by atoms with van der Waals surface area (Å²) in [5.41, 5.74) is -1.39. The molecule has 1 aliphatic carbocycles. The zero-order valence-corrected chi connectivity index (χ0v) is 20.0. The maximum Gasteiger partial charge on any atom is 0.339 e. The first-order chi connectivity index (χ1) is 15.3. The van der Waals surface area contributed by atoms with Crippen molar-refractivity contribution in [3.63, 3.8) is 0 Å². The highest BCUT2D eigenvalue weighted by Gasteiger charge is 2.52. The number of carbonyl (C=O) groups excluding carboxylic acids is 4. The van der Waals surface area contributed by atoms with Crippen LogP contribution >= 0.6 is 11.6 Å². The van der Waals surface area contributed by atoms with E-state index in [1.807, 2.05) is 6.92 Å². The molecule has 1 fully saturated rings. The lowest BCUT2D eigenvalue weighted by Gasteiger charge is -2.35. The molecular weight excluding hydrogens is 456 g/mol. The van der Waals surface area contributed by atoms with Crippen LogP contribution in [0.25, 0.3) is 0 Å². The number of carbonyl (C=O) groups is 4. The minimum atomic E-state index is -2.13. The third-order valence-electron chi connectivity index (χ3n) is 5.72. The number of ether oxygens (including phenoxy) is 4. The summed E-state index contributed by atoms with van der Waals surface area (Å²) in [6, 6.07) is 0. The van der Waals surface area contributed by atoms with E-state index in [1.54, 1.807) is 6.08 Å². The predicted octanol–water partition coefficient (Wildman–Crippen LogP) is 2.15. The van der Waals surface area contributed by atoms with E-state index >= 15 is 0 Å². The Balaban J connectivity index is 2.72. The number of alkyl halides is 1. The molecule has 6 atom stereocenters. The van der Waals surface area contributed by atoms with Gasteiger partial charge in [0.25, 0.3) is 0 Å². The molecule has 10 heteroatoms. The average molecular weight is 485 g/mol. The van der Waals surface area contributed by atoms with E-state index in [9.17, 15) is 24.3 Å². The van der Waals surface area contributed by atoms with E-state index < -0.39 is 59.1 Å². The Hall–Kier alpha value is -2.65. The second-order valence-electron chi connectivity index (χ2n) is 8.29. The summed E-state index contributed by atoms with van der Waals surface area (Å²) in [4.78, 5) is 50.0. The maximum absolute atomic E-state index is 12.9. The fourth-order valence-electron chi connectivity index (χ4n) is 3.60. The Morgan fingerprint density at radius 1 is 1.33 bits per heavy atom. The highest BCUT2D eigenvalue weighted by Crippen LogP contribution is 2.38. The van der Waals surface area contributed by atoms with Gasteiger partial charge in [-0.3, -0.25) is 4.79 Å². The summed E-state index contributed by atoms with van der Waals surface area (Å²) in [5.74, 6) is -4.47. The molecule has 0 bridgehead atoms. The van der Waals surface area contributed by atoms with Crippen LogP contribution in [0.2, 0.25) is 0 Å². The highest BCUT2D eigenvalue weighted by molar-refractivity contribution is 6.22. The number of fused-ring (bicyclic) bond motifs is 1. The van der Waals surface area contributed by atoms with Gasteiger partial charge in [0.15, 0.2) is 17.8 Å². The van der Waals surface area contributed by atoms with Gasteiger partial charge in [-0.1, -0.05) is 18.2 Å². The molecule has 9 nitrogen and oxygen atoms in total. The molecule has 0 saturated carbocycles. The van der Waals surface area contributed by atoms with Crippen molar-refractivity contribution in [3.8, 4) is 0 Å². The van der Waals surface area contributed by atoms with Crippen molar-refractivity contribution in [3.05, 3.63) is 35.5 Å². The minimum absolute atomic E-state index is 0.0395. The summed E-state index contributed by atoms with van der Waals surface area (Å²) in [6.07, 6.45) is 0.283. The molecule has 1 aliphatic heterocycles. The summed E-state index contributed by atoms with van der Waals surface area (Å²) in [7, 11) is 1.16. The van der Waals surface area contributed by atoms with Gasteiger partial charge in [0.1, 0.15) is 6.10 Å². The minimum Gasteiger partial charge on any atom is -0.466 e. The summed E-state index contributed by atoms with van der Waals surface area (Å²) >= 11 is 5.96. The van der Waals surface area contributed by atoms with Crippen LogP contribution < -0.4 is 0 Å². The van der Waals surface area contributed by atoms with E-state index in [2.05, 4.69) is 6.58 Å². The lowest BCUT2D eigenvalue weighted by molar-refractivity contribution is -0.183. The SMILES string of the molecule is C=C1C(=O)O[C@@H]2/C=C(/C)CC/C=C(/C(=O)OC)[C@H](OC(C)=O)[C@@H](OC(=O)[C@](C)(O)[C@H](C)Cl)[C@@H]12. The fourth-order valence-corrected chi connectivity index (χ4v) is 3.69. The first-order valence-corrected chi connectivity index (χ1v) is 10.8. The van der Waals surface area contributed by atoms with Crippen molar-refractivity contribution in [1.82, 2.24) is 0 Å². The van der Waals surface area contributed by atoms with Crippen LogP contribution in [0, 0.1) is 5.92 Å². The van der Waals surface area contributed by atoms with E-state index in [4.69, 9.17) is 30.5 Å². The largest absolute Gasteiger partial charge is 0.466 e. The first kappa shape index (κ1) is 26.6. The molecular formula is C23H29ClO9. The number of allylic oxidation sites excluding steroid dienone is 2. The second-order valence-corrected chi connectivity index (χ2v) is 8.94. The molecule has 1 saturated heterocycles. The molecule has 0 amide bonds. The van der Waals surface area contributed by atoms with Gasteiger partial charge in [0.05, 0.1) is 24.0 Å². The molecule has 0 spiro atoms. The normalized spacial score (nSPS) is 31.4. The molecule has 2 aliphatic rings. The number of hydrogen-bond donors (Lipinski definition) is 1. The summed E-state index contributed by atoms with van der Waals surface area (Å²) < 4.78 is 21.4. The monoisotopic (exact) mass is 484 g/mol. The Bertz CT molecular complexity index is 900. The molecule has 1 heterocycles. The molecule has 0 aromatic rings. The smallest absolute Gasteiger partial charge is 0.339 e. The van der Waals surface area contributed by atoms with Gasteiger partial charge in [0.2, 0.25) is 0 Å². The number of halogens is 1. The van der Waals surface area contributed by atoms with Gasteiger partial charge in [-0.2, -0.15) is 0 Å². The van der Waals surface area contributed by atoms with Gasteiger partial charge < -0.3 is 24.1 Å². The standard InChI is InChI=1S/C23H29ClO9/c1-11-8-7-9-15(21(27)30-6)18(31-14(4)25)19(33-22(28)23(5,29)13(3)24)17-12(2)20(26)32-16(17)10-11/h9-10,13,16-19,29H,2,7-8H2,1,3-6H3/b11-10-,15-9+/t13-,16+,17-,18-,19-,23+/m0/s1. The van der Waals surface area contributed by atoms with Crippen molar-refractivity contribution in [2.24, 2.45) is 5.92 Å². The van der Waals surface area contributed by atoms with E-state index in [0.717, 1.165) is 26.5 Å². The lowest BCUT2D eigenvalue weighted by Crippen LogP contribution is -2.51. The molecule has 0 aromatic heterocycles. The van der Waals surface area contributed by atoms with E-state index in [1.165, 1.54) is 13.0 Å². The number of hydrogen-bond acceptors (Lipinski definition) is 9. The van der Waals surface area contributed by atoms with Crippen molar-refractivity contribution in [2.45, 2.75) is 69.8 Å². The number of aliphatic hydroxyl groups is 1. The Labute approximate surface area is 197 Å². The first-order valence-electron chi connectivity index (χ1n) is 10.4. The number of rotatable bonds is 5. The predicted molar refractivity (Wildman–Crippen MR) is 117 cm³/mol. The van der Waals surface area contributed by atoms with Gasteiger partial charge >= 0.3 is 23.9 Å². The van der Waals surface area contributed by atoms with Crippen molar-refractivity contribution < 1.29 is 43.2 Å². The summed E-state index contributed by atoms with van der Waals surface area (Å²) in [5, 5.41) is 9.51. The molecule has 1 N–H and O–H groups in total. The zero-order valence-electron chi connectivity index (χ0n) is 19.3. The Morgan fingerprint density at radius 3 is 2.52 bits per heavy atom. The third kappa shape index (κ3) is 5.83.